The van der Waals surface area contributed by atoms with Crippen molar-refractivity contribution in [3.05, 3.63) is 11.1 Å². The molecule has 19 heavy (non-hydrogen) atoms. The summed E-state index contributed by atoms with van der Waals surface area (Å²) in [7, 11) is 2.20. The van der Waals surface area contributed by atoms with Crippen molar-refractivity contribution in [1.29, 1.82) is 0 Å². The third kappa shape index (κ3) is 3.45. The lowest BCUT2D eigenvalue weighted by Crippen LogP contribution is -2.43. The molecule has 0 N–H and O–H groups in total. The molecule has 5 nitrogen and oxygen atoms in total. The summed E-state index contributed by atoms with van der Waals surface area (Å²) in [5, 5.41) is 1.16. The second kappa shape index (κ2) is 6.17. The second-order valence-electron chi connectivity index (χ2n) is 5.29. The molecule has 2 saturated heterocycles. The lowest BCUT2D eigenvalue weighted by atomic mass is 10.3. The predicted molar refractivity (Wildman–Crippen MR) is 77.9 cm³/mol. The fraction of sp³-hybridized carbons (Fsp3) is 0.769. The van der Waals surface area contributed by atoms with Crippen molar-refractivity contribution in [3.8, 4) is 0 Å². The number of ether oxygens (including phenoxy) is 1. The van der Waals surface area contributed by atoms with Crippen LogP contribution in [-0.4, -0.2) is 74.3 Å². The summed E-state index contributed by atoms with van der Waals surface area (Å²) in [4.78, 5) is 13.2. The molecule has 0 aromatic carbocycles. The lowest BCUT2D eigenvalue weighted by molar-refractivity contribution is 0.122. The number of likely N-dealkylation sites (N-methyl/N-ethyl adjacent to an activating group) is 1. The maximum atomic E-state index is 5.38. The van der Waals surface area contributed by atoms with Crippen molar-refractivity contribution in [2.24, 2.45) is 0 Å². The van der Waals surface area contributed by atoms with Gasteiger partial charge in [-0.2, -0.15) is 0 Å². The summed E-state index contributed by atoms with van der Waals surface area (Å²) in [6.45, 7) is 9.34. The first-order valence-corrected chi connectivity index (χ1v) is 7.81. The summed E-state index contributed by atoms with van der Waals surface area (Å²) in [6, 6.07) is 0. The molecule has 0 radical (unpaired) electrons. The van der Waals surface area contributed by atoms with Crippen molar-refractivity contribution in [3.63, 3.8) is 0 Å². The summed E-state index contributed by atoms with van der Waals surface area (Å²) < 4.78 is 5.38. The van der Waals surface area contributed by atoms with Crippen molar-refractivity contribution in [2.45, 2.75) is 6.54 Å². The minimum Gasteiger partial charge on any atom is -0.378 e. The zero-order chi connectivity index (χ0) is 13.1. The van der Waals surface area contributed by atoms with Crippen LogP contribution in [0.25, 0.3) is 0 Å². The molecule has 1 aromatic rings. The largest absolute Gasteiger partial charge is 0.378 e. The Morgan fingerprint density at radius 3 is 2.63 bits per heavy atom. The van der Waals surface area contributed by atoms with Gasteiger partial charge in [0.25, 0.3) is 0 Å². The predicted octanol–water partition coefficient (Wildman–Crippen LogP) is 0.727. The Bertz CT molecular complexity index is 397. The molecule has 3 heterocycles. The van der Waals surface area contributed by atoms with Crippen molar-refractivity contribution in [1.82, 2.24) is 14.8 Å². The van der Waals surface area contributed by atoms with E-state index >= 15 is 0 Å². The van der Waals surface area contributed by atoms with E-state index in [-0.39, 0.29) is 0 Å². The van der Waals surface area contributed by atoms with Crippen LogP contribution in [0.2, 0.25) is 0 Å². The molecule has 6 heteroatoms. The number of piperazine rings is 1. The van der Waals surface area contributed by atoms with Gasteiger partial charge in [-0.25, -0.2) is 4.98 Å². The molecule has 3 rings (SSSR count). The molecular formula is C13H22N4OS. The Labute approximate surface area is 118 Å². The average molecular weight is 282 g/mol. The number of anilines is 1. The molecule has 0 bridgehead atoms. The first-order chi connectivity index (χ1) is 9.31. The molecule has 0 aliphatic carbocycles. The number of rotatable bonds is 3. The van der Waals surface area contributed by atoms with E-state index in [9.17, 15) is 0 Å². The first kappa shape index (κ1) is 13.3. The topological polar surface area (TPSA) is 31.8 Å². The summed E-state index contributed by atoms with van der Waals surface area (Å²) >= 11 is 1.84. The van der Waals surface area contributed by atoms with E-state index < -0.39 is 0 Å². The van der Waals surface area contributed by atoms with E-state index in [1.807, 2.05) is 17.5 Å². The van der Waals surface area contributed by atoms with Gasteiger partial charge in [-0.1, -0.05) is 0 Å². The maximum Gasteiger partial charge on any atom is 0.185 e. The Balaban J connectivity index is 1.55. The van der Waals surface area contributed by atoms with Crippen LogP contribution in [0.4, 0.5) is 5.13 Å². The van der Waals surface area contributed by atoms with E-state index in [4.69, 9.17) is 4.74 Å². The van der Waals surface area contributed by atoms with Gasteiger partial charge >= 0.3 is 0 Å². The molecule has 0 amide bonds. The zero-order valence-corrected chi connectivity index (χ0v) is 12.4. The van der Waals surface area contributed by atoms with E-state index in [0.29, 0.717) is 0 Å². The molecule has 0 atom stereocenters. The molecule has 106 valence electrons. The highest BCUT2D eigenvalue weighted by molar-refractivity contribution is 7.15. The molecule has 2 fully saturated rings. The monoisotopic (exact) mass is 282 g/mol. The van der Waals surface area contributed by atoms with Crippen LogP contribution in [0.3, 0.4) is 0 Å². The smallest absolute Gasteiger partial charge is 0.185 e. The minimum absolute atomic E-state index is 0.827. The van der Waals surface area contributed by atoms with E-state index in [1.165, 1.54) is 31.1 Å². The number of hydrogen-bond donors (Lipinski definition) is 0. The van der Waals surface area contributed by atoms with Crippen LogP contribution in [0.15, 0.2) is 6.20 Å². The Morgan fingerprint density at radius 1 is 1.16 bits per heavy atom. The second-order valence-corrected chi connectivity index (χ2v) is 6.38. The molecule has 1 aromatic heterocycles. The fourth-order valence-electron chi connectivity index (χ4n) is 2.50. The number of nitrogens with zero attached hydrogens (tertiary/aromatic N) is 4. The lowest BCUT2D eigenvalue weighted by Gasteiger charge is -2.31. The molecular weight excluding hydrogens is 260 g/mol. The highest BCUT2D eigenvalue weighted by atomic mass is 32.1. The van der Waals surface area contributed by atoms with E-state index in [0.717, 1.165) is 38.0 Å². The standard InChI is InChI=1S/C13H22N4OS/c1-15-2-4-16(5-3-15)11-12-10-14-13(19-12)17-6-8-18-9-7-17/h10H,2-9,11H2,1H3. The van der Waals surface area contributed by atoms with Gasteiger partial charge < -0.3 is 14.5 Å². The molecule has 0 unspecified atom stereocenters. The van der Waals surface area contributed by atoms with E-state index in [1.54, 1.807) is 0 Å². The van der Waals surface area contributed by atoms with Gasteiger partial charge in [-0.15, -0.1) is 11.3 Å². The van der Waals surface area contributed by atoms with Crippen LogP contribution in [0, 0.1) is 0 Å². The summed E-state index contributed by atoms with van der Waals surface area (Å²) in [5.41, 5.74) is 0. The van der Waals surface area contributed by atoms with Crippen molar-refractivity contribution in [2.75, 3.05) is 64.4 Å². The quantitative estimate of drug-likeness (QED) is 0.816. The molecule has 2 aliphatic rings. The number of thiazole rings is 1. The average Bonchev–Trinajstić information content (AvgIpc) is 2.91. The SMILES string of the molecule is CN1CCN(Cc2cnc(N3CCOCC3)s2)CC1. The number of morpholine rings is 1. The normalized spacial score (nSPS) is 22.9. The van der Waals surface area contributed by atoms with Gasteiger partial charge in [-0.3, -0.25) is 4.90 Å². The van der Waals surface area contributed by atoms with Gasteiger partial charge in [0, 0.05) is 56.9 Å². The van der Waals surface area contributed by atoms with Crippen LogP contribution in [-0.2, 0) is 11.3 Å². The summed E-state index contributed by atoms with van der Waals surface area (Å²) in [5.74, 6) is 0. The van der Waals surface area contributed by atoms with Crippen LogP contribution < -0.4 is 4.90 Å². The van der Waals surface area contributed by atoms with Crippen molar-refractivity contribution >= 4 is 16.5 Å². The number of aromatic nitrogens is 1. The van der Waals surface area contributed by atoms with Gasteiger partial charge in [0.05, 0.1) is 13.2 Å². The van der Waals surface area contributed by atoms with Crippen LogP contribution in [0.5, 0.6) is 0 Å². The van der Waals surface area contributed by atoms with Gasteiger partial charge in [0.1, 0.15) is 0 Å². The number of hydrogen-bond acceptors (Lipinski definition) is 6. The maximum absolute atomic E-state index is 5.38. The van der Waals surface area contributed by atoms with Gasteiger partial charge in [0.2, 0.25) is 0 Å². The van der Waals surface area contributed by atoms with Crippen LogP contribution >= 0.6 is 11.3 Å². The third-order valence-corrected chi connectivity index (χ3v) is 4.84. The Hall–Kier alpha value is -0.690. The van der Waals surface area contributed by atoms with Gasteiger partial charge in [-0.05, 0) is 7.05 Å². The van der Waals surface area contributed by atoms with Crippen LogP contribution in [0.1, 0.15) is 4.88 Å². The molecule has 2 aliphatic heterocycles. The first-order valence-electron chi connectivity index (χ1n) is 6.99. The third-order valence-electron chi connectivity index (χ3n) is 3.80. The molecule has 0 spiro atoms. The minimum atomic E-state index is 0.827. The Morgan fingerprint density at radius 2 is 1.89 bits per heavy atom. The van der Waals surface area contributed by atoms with Crippen molar-refractivity contribution < 1.29 is 4.74 Å². The fourth-order valence-corrected chi connectivity index (χ4v) is 3.50. The van der Waals surface area contributed by atoms with E-state index in [2.05, 4.69) is 26.7 Å². The molecule has 0 saturated carbocycles. The van der Waals surface area contributed by atoms with Gasteiger partial charge in [0.15, 0.2) is 5.13 Å². The highest BCUT2D eigenvalue weighted by Gasteiger charge is 2.17. The summed E-state index contributed by atoms with van der Waals surface area (Å²) in [6.07, 6.45) is 2.05. The zero-order valence-electron chi connectivity index (χ0n) is 11.5. The Kier molecular flexibility index (Phi) is 4.32. The highest BCUT2D eigenvalue weighted by Crippen LogP contribution is 2.24.